The largest absolute Gasteiger partial charge is 0.322 e. The number of piperidine rings is 1. The van der Waals surface area contributed by atoms with E-state index in [0.29, 0.717) is 5.56 Å². The number of nitrogens with zero attached hydrogens (tertiary/aromatic N) is 1. The maximum atomic E-state index is 12.6. The molecule has 0 aliphatic carbocycles. The van der Waals surface area contributed by atoms with E-state index in [9.17, 15) is 13.2 Å². The molecule has 0 atom stereocenters. The summed E-state index contributed by atoms with van der Waals surface area (Å²) in [6.07, 6.45) is 3.79. The molecule has 0 aromatic heterocycles. The van der Waals surface area contributed by atoms with Gasteiger partial charge in [-0.3, -0.25) is 9.69 Å². The first-order chi connectivity index (χ1) is 14.1. The predicted octanol–water partition coefficient (Wildman–Crippen LogP) is 4.00. The molecule has 1 saturated heterocycles. The molecule has 0 bridgehead atoms. The maximum Gasteiger partial charge on any atom is 0.255 e. The lowest BCUT2D eigenvalue weighted by atomic mass is 10.1. The molecule has 0 unspecified atom stereocenters. The lowest BCUT2D eigenvalue weighted by molar-refractivity contribution is 0.102. The first kappa shape index (κ1) is 22.5. The lowest BCUT2D eigenvalue weighted by Crippen LogP contribution is -2.40. The molecule has 2 N–H and O–H groups in total. The highest BCUT2D eigenvalue weighted by Crippen LogP contribution is 2.18. The number of hydrogen-bond acceptors (Lipinski definition) is 4. The van der Waals surface area contributed by atoms with Gasteiger partial charge < -0.3 is 5.32 Å². The monoisotopic (exact) mass is 429 g/mol. The molecule has 2 aromatic carbocycles. The van der Waals surface area contributed by atoms with E-state index in [1.807, 2.05) is 18.2 Å². The SMILES string of the molecule is CC(C)(C)NS(=O)(=O)c1ccc(C(=O)Nc2cccc(CN3CCCCC3)c2)cc1. The van der Waals surface area contributed by atoms with Gasteiger partial charge in [-0.05, 0) is 88.7 Å². The summed E-state index contributed by atoms with van der Waals surface area (Å²) in [5.41, 5.74) is 1.74. The number of anilines is 1. The minimum Gasteiger partial charge on any atom is -0.322 e. The second-order valence-electron chi connectivity index (χ2n) is 8.87. The van der Waals surface area contributed by atoms with Crippen molar-refractivity contribution in [3.05, 3.63) is 59.7 Å². The van der Waals surface area contributed by atoms with Crippen LogP contribution in [0.5, 0.6) is 0 Å². The van der Waals surface area contributed by atoms with Crippen LogP contribution >= 0.6 is 0 Å². The van der Waals surface area contributed by atoms with Crippen LogP contribution in [-0.2, 0) is 16.6 Å². The maximum absolute atomic E-state index is 12.6. The summed E-state index contributed by atoms with van der Waals surface area (Å²) in [4.78, 5) is 15.2. The third-order valence-electron chi connectivity index (χ3n) is 4.91. The van der Waals surface area contributed by atoms with Crippen LogP contribution in [0.1, 0.15) is 56.0 Å². The van der Waals surface area contributed by atoms with Gasteiger partial charge >= 0.3 is 0 Å². The van der Waals surface area contributed by atoms with Gasteiger partial charge in [0.05, 0.1) is 4.90 Å². The van der Waals surface area contributed by atoms with Crippen molar-refractivity contribution in [1.82, 2.24) is 9.62 Å². The number of sulfonamides is 1. The fourth-order valence-electron chi connectivity index (χ4n) is 3.57. The average Bonchev–Trinajstić information content (AvgIpc) is 2.67. The Hall–Kier alpha value is -2.22. The zero-order valence-electron chi connectivity index (χ0n) is 17.9. The fraction of sp³-hybridized carbons (Fsp3) is 0.435. The van der Waals surface area contributed by atoms with Crippen molar-refractivity contribution in [2.24, 2.45) is 0 Å². The van der Waals surface area contributed by atoms with Gasteiger partial charge in [0.25, 0.3) is 5.91 Å². The zero-order chi connectivity index (χ0) is 21.8. The standard InChI is InChI=1S/C23H31N3O3S/c1-23(2,3)25-30(28,29)21-12-10-19(11-13-21)22(27)24-20-9-7-8-18(16-20)17-26-14-5-4-6-15-26/h7-13,16,25H,4-6,14-15,17H2,1-3H3,(H,24,27). The molecule has 7 heteroatoms. The van der Waals surface area contributed by atoms with Gasteiger partial charge in [0.15, 0.2) is 0 Å². The average molecular weight is 430 g/mol. The Bertz CT molecular complexity index is 973. The number of rotatable bonds is 6. The van der Waals surface area contributed by atoms with Crippen molar-refractivity contribution in [3.63, 3.8) is 0 Å². The third-order valence-corrected chi connectivity index (χ3v) is 6.68. The first-order valence-corrected chi connectivity index (χ1v) is 11.9. The summed E-state index contributed by atoms with van der Waals surface area (Å²) in [5.74, 6) is -0.266. The number of amides is 1. The fourth-order valence-corrected chi connectivity index (χ4v) is 4.99. The first-order valence-electron chi connectivity index (χ1n) is 10.4. The van der Waals surface area contributed by atoms with Gasteiger partial charge in [0.1, 0.15) is 0 Å². The molecular formula is C23H31N3O3S. The van der Waals surface area contributed by atoms with Crippen molar-refractivity contribution < 1.29 is 13.2 Å². The highest BCUT2D eigenvalue weighted by atomic mass is 32.2. The molecule has 3 rings (SSSR count). The number of nitrogens with one attached hydrogen (secondary N) is 2. The van der Waals surface area contributed by atoms with Crippen molar-refractivity contribution in [3.8, 4) is 0 Å². The Morgan fingerprint density at radius 1 is 1.00 bits per heavy atom. The molecule has 0 spiro atoms. The molecular weight excluding hydrogens is 398 g/mol. The second-order valence-corrected chi connectivity index (χ2v) is 10.6. The normalized spacial score (nSPS) is 15.7. The van der Waals surface area contributed by atoms with E-state index in [1.165, 1.54) is 49.1 Å². The zero-order valence-corrected chi connectivity index (χ0v) is 18.8. The summed E-state index contributed by atoms with van der Waals surface area (Å²) in [6.45, 7) is 8.48. The summed E-state index contributed by atoms with van der Waals surface area (Å²) in [5, 5.41) is 2.91. The molecule has 2 aromatic rings. The van der Waals surface area contributed by atoms with E-state index < -0.39 is 15.6 Å². The number of likely N-dealkylation sites (tertiary alicyclic amines) is 1. The molecule has 1 aliphatic heterocycles. The number of carbonyl (C=O) groups is 1. The molecule has 1 heterocycles. The van der Waals surface area contributed by atoms with Crippen LogP contribution in [0.4, 0.5) is 5.69 Å². The topological polar surface area (TPSA) is 78.5 Å². The molecule has 0 radical (unpaired) electrons. The Morgan fingerprint density at radius 3 is 2.30 bits per heavy atom. The smallest absolute Gasteiger partial charge is 0.255 e. The van der Waals surface area contributed by atoms with Crippen LogP contribution in [0.15, 0.2) is 53.4 Å². The van der Waals surface area contributed by atoms with Gasteiger partial charge in [0, 0.05) is 23.3 Å². The number of benzene rings is 2. The van der Waals surface area contributed by atoms with Crippen LogP contribution in [-0.4, -0.2) is 37.9 Å². The molecule has 1 fully saturated rings. The van der Waals surface area contributed by atoms with Gasteiger partial charge in [-0.15, -0.1) is 0 Å². The summed E-state index contributed by atoms with van der Waals surface area (Å²) >= 11 is 0. The Balaban J connectivity index is 1.65. The Labute approximate surface area is 179 Å². The van der Waals surface area contributed by atoms with Gasteiger partial charge in [-0.1, -0.05) is 18.6 Å². The number of hydrogen-bond donors (Lipinski definition) is 2. The highest BCUT2D eigenvalue weighted by Gasteiger charge is 2.22. The van der Waals surface area contributed by atoms with Crippen molar-refractivity contribution in [1.29, 1.82) is 0 Å². The quantitative estimate of drug-likeness (QED) is 0.727. The van der Waals surface area contributed by atoms with Crippen LogP contribution in [0, 0.1) is 0 Å². The van der Waals surface area contributed by atoms with Crippen molar-refractivity contribution >= 4 is 21.6 Å². The minimum absolute atomic E-state index is 0.137. The summed E-state index contributed by atoms with van der Waals surface area (Å²) in [6, 6.07) is 13.9. The molecule has 1 amide bonds. The van der Waals surface area contributed by atoms with E-state index in [2.05, 4.69) is 21.0 Å². The highest BCUT2D eigenvalue weighted by molar-refractivity contribution is 7.89. The van der Waals surface area contributed by atoms with E-state index >= 15 is 0 Å². The van der Waals surface area contributed by atoms with Gasteiger partial charge in [-0.25, -0.2) is 13.1 Å². The van der Waals surface area contributed by atoms with Gasteiger partial charge in [-0.2, -0.15) is 0 Å². The van der Waals surface area contributed by atoms with Crippen LogP contribution < -0.4 is 10.0 Å². The minimum atomic E-state index is -3.63. The Kier molecular flexibility index (Phi) is 6.95. The summed E-state index contributed by atoms with van der Waals surface area (Å²) < 4.78 is 27.4. The van der Waals surface area contributed by atoms with Crippen molar-refractivity contribution in [2.75, 3.05) is 18.4 Å². The molecule has 0 saturated carbocycles. The van der Waals surface area contributed by atoms with Crippen LogP contribution in [0.25, 0.3) is 0 Å². The molecule has 162 valence electrons. The molecule has 6 nitrogen and oxygen atoms in total. The number of carbonyl (C=O) groups excluding carboxylic acids is 1. The third kappa shape index (κ3) is 6.39. The molecule has 30 heavy (non-hydrogen) atoms. The van der Waals surface area contributed by atoms with E-state index in [0.717, 1.165) is 25.3 Å². The van der Waals surface area contributed by atoms with Gasteiger partial charge in [0.2, 0.25) is 10.0 Å². The Morgan fingerprint density at radius 2 is 1.67 bits per heavy atom. The predicted molar refractivity (Wildman–Crippen MR) is 120 cm³/mol. The van der Waals surface area contributed by atoms with Crippen molar-refractivity contribution in [2.45, 2.75) is 57.0 Å². The van der Waals surface area contributed by atoms with E-state index in [1.54, 1.807) is 20.8 Å². The van der Waals surface area contributed by atoms with Crippen LogP contribution in [0.2, 0.25) is 0 Å². The van der Waals surface area contributed by atoms with Crippen LogP contribution in [0.3, 0.4) is 0 Å². The lowest BCUT2D eigenvalue weighted by Gasteiger charge is -2.26. The van der Waals surface area contributed by atoms with E-state index in [-0.39, 0.29) is 10.8 Å². The summed E-state index contributed by atoms with van der Waals surface area (Å²) in [7, 11) is -3.63. The second kappa shape index (κ2) is 9.29. The van der Waals surface area contributed by atoms with E-state index in [4.69, 9.17) is 0 Å². The molecule has 1 aliphatic rings.